The van der Waals surface area contributed by atoms with Gasteiger partial charge in [0.1, 0.15) is 0 Å². The third-order valence-corrected chi connectivity index (χ3v) is 3.47. The summed E-state index contributed by atoms with van der Waals surface area (Å²) >= 11 is 0. The number of nitrogens with one attached hydrogen (secondary N) is 2. The molecule has 0 unspecified atom stereocenters. The highest BCUT2D eigenvalue weighted by molar-refractivity contribution is 5.79. The van der Waals surface area contributed by atoms with Crippen LogP contribution in [-0.4, -0.2) is 30.8 Å². The Bertz CT molecular complexity index is 730. The van der Waals surface area contributed by atoms with Gasteiger partial charge in [0.2, 0.25) is 5.88 Å². The Hall–Kier alpha value is -2.77. The van der Waals surface area contributed by atoms with Crippen molar-refractivity contribution in [2.45, 2.75) is 26.2 Å². The van der Waals surface area contributed by atoms with Gasteiger partial charge >= 0.3 is 6.18 Å². The van der Waals surface area contributed by atoms with Crippen molar-refractivity contribution in [1.82, 2.24) is 15.6 Å². The number of nitrogens with zero attached hydrogens (tertiary/aromatic N) is 2. The van der Waals surface area contributed by atoms with Crippen molar-refractivity contribution < 1.29 is 17.9 Å². The molecule has 140 valence electrons. The van der Waals surface area contributed by atoms with E-state index in [-0.39, 0.29) is 12.4 Å². The number of hydrogen-bond donors (Lipinski definition) is 2. The Morgan fingerprint density at radius 2 is 1.81 bits per heavy atom. The quantitative estimate of drug-likeness (QED) is 0.609. The summed E-state index contributed by atoms with van der Waals surface area (Å²) in [6.45, 7) is 1.44. The summed E-state index contributed by atoms with van der Waals surface area (Å²) < 4.78 is 41.8. The maximum Gasteiger partial charge on any atom is 0.422 e. The van der Waals surface area contributed by atoms with E-state index in [0.717, 1.165) is 5.56 Å². The van der Waals surface area contributed by atoms with E-state index in [1.54, 1.807) is 19.2 Å². The molecule has 0 saturated carbocycles. The molecule has 0 radical (unpaired) electrons. The molecule has 1 aromatic heterocycles. The number of pyridine rings is 1. The number of guanidine groups is 1. The first-order chi connectivity index (χ1) is 12.4. The van der Waals surface area contributed by atoms with Gasteiger partial charge in [0.05, 0.1) is 0 Å². The van der Waals surface area contributed by atoms with Crippen molar-refractivity contribution in [1.29, 1.82) is 0 Å². The van der Waals surface area contributed by atoms with Crippen LogP contribution in [0.2, 0.25) is 0 Å². The van der Waals surface area contributed by atoms with Gasteiger partial charge in [-0.25, -0.2) is 4.98 Å². The van der Waals surface area contributed by atoms with Crippen molar-refractivity contribution in [3.8, 4) is 5.88 Å². The van der Waals surface area contributed by atoms with Crippen molar-refractivity contribution in [2.75, 3.05) is 13.7 Å². The molecule has 0 aliphatic rings. The fraction of sp³-hybridized carbons (Fsp3) is 0.333. The van der Waals surface area contributed by atoms with Crippen LogP contribution in [-0.2, 0) is 13.1 Å². The van der Waals surface area contributed by atoms with Crippen LogP contribution in [0.25, 0.3) is 0 Å². The van der Waals surface area contributed by atoms with Crippen molar-refractivity contribution in [3.63, 3.8) is 0 Å². The average molecular weight is 366 g/mol. The number of aromatic nitrogens is 1. The molecule has 1 heterocycles. The summed E-state index contributed by atoms with van der Waals surface area (Å²) in [7, 11) is 1.62. The van der Waals surface area contributed by atoms with E-state index in [4.69, 9.17) is 4.74 Å². The van der Waals surface area contributed by atoms with Crippen molar-refractivity contribution in [3.05, 3.63) is 59.3 Å². The first-order valence-electron chi connectivity index (χ1n) is 8.01. The lowest BCUT2D eigenvalue weighted by Crippen LogP contribution is -2.36. The van der Waals surface area contributed by atoms with Crippen LogP contribution in [0.15, 0.2) is 47.6 Å². The van der Waals surface area contributed by atoms with Crippen LogP contribution in [0.5, 0.6) is 5.88 Å². The molecule has 0 amide bonds. The van der Waals surface area contributed by atoms with Gasteiger partial charge in [-0.3, -0.25) is 4.99 Å². The number of alkyl halides is 3. The second-order valence-corrected chi connectivity index (χ2v) is 5.64. The zero-order valence-corrected chi connectivity index (χ0v) is 14.6. The molecule has 2 N–H and O–H groups in total. The molecule has 0 fully saturated rings. The molecule has 5 nitrogen and oxygen atoms in total. The fourth-order valence-electron chi connectivity index (χ4n) is 2.13. The standard InChI is InChI=1S/C18H21F3N4O/c1-13-5-7-14(8-6-13)10-24-17(22-2)25-11-15-4-3-9-23-16(15)26-12-18(19,20)21/h3-9H,10-12H2,1-2H3,(H2,22,24,25). The zero-order chi connectivity index (χ0) is 19.0. The highest BCUT2D eigenvalue weighted by Gasteiger charge is 2.29. The lowest BCUT2D eigenvalue weighted by Gasteiger charge is -2.15. The monoisotopic (exact) mass is 366 g/mol. The van der Waals surface area contributed by atoms with E-state index in [0.29, 0.717) is 18.1 Å². The van der Waals surface area contributed by atoms with E-state index < -0.39 is 12.8 Å². The van der Waals surface area contributed by atoms with Gasteiger partial charge in [-0.15, -0.1) is 0 Å². The number of benzene rings is 1. The van der Waals surface area contributed by atoms with Crippen LogP contribution in [0, 0.1) is 6.92 Å². The van der Waals surface area contributed by atoms with Crippen molar-refractivity contribution >= 4 is 5.96 Å². The van der Waals surface area contributed by atoms with Crippen LogP contribution in [0.1, 0.15) is 16.7 Å². The summed E-state index contributed by atoms with van der Waals surface area (Å²) in [4.78, 5) is 7.97. The predicted molar refractivity (Wildman–Crippen MR) is 94.0 cm³/mol. The topological polar surface area (TPSA) is 58.5 Å². The summed E-state index contributed by atoms with van der Waals surface area (Å²) in [5.41, 5.74) is 2.78. The molecule has 1 aromatic carbocycles. The van der Waals surface area contributed by atoms with Gasteiger partial charge in [0, 0.05) is 31.9 Å². The normalized spacial score (nSPS) is 12.0. The molecule has 0 aliphatic carbocycles. The van der Waals surface area contributed by atoms with Crippen LogP contribution in [0.4, 0.5) is 13.2 Å². The Labute approximate surface area is 150 Å². The summed E-state index contributed by atoms with van der Waals surface area (Å²) in [5.74, 6) is 0.475. The maximum absolute atomic E-state index is 12.3. The van der Waals surface area contributed by atoms with Gasteiger partial charge in [0.15, 0.2) is 12.6 Å². The Balaban J connectivity index is 1.90. The maximum atomic E-state index is 12.3. The number of aryl methyl sites for hydroxylation is 1. The van der Waals surface area contributed by atoms with Crippen LogP contribution < -0.4 is 15.4 Å². The molecule has 2 aromatic rings. The Morgan fingerprint density at radius 1 is 1.12 bits per heavy atom. The Kier molecular flexibility index (Phi) is 6.82. The van der Waals surface area contributed by atoms with E-state index >= 15 is 0 Å². The van der Waals surface area contributed by atoms with Gasteiger partial charge < -0.3 is 15.4 Å². The van der Waals surface area contributed by atoms with Gasteiger partial charge in [-0.1, -0.05) is 35.9 Å². The minimum atomic E-state index is -4.41. The lowest BCUT2D eigenvalue weighted by atomic mass is 10.1. The first-order valence-corrected chi connectivity index (χ1v) is 8.01. The minimum Gasteiger partial charge on any atom is -0.468 e. The van der Waals surface area contributed by atoms with E-state index in [1.165, 1.54) is 11.8 Å². The zero-order valence-electron chi connectivity index (χ0n) is 14.6. The fourth-order valence-corrected chi connectivity index (χ4v) is 2.13. The third kappa shape index (κ3) is 6.62. The largest absolute Gasteiger partial charge is 0.468 e. The van der Waals surface area contributed by atoms with Gasteiger partial charge in [-0.2, -0.15) is 13.2 Å². The van der Waals surface area contributed by atoms with Crippen molar-refractivity contribution in [2.24, 2.45) is 4.99 Å². The Morgan fingerprint density at radius 3 is 2.46 bits per heavy atom. The molecule has 26 heavy (non-hydrogen) atoms. The first kappa shape index (κ1) is 19.6. The number of ether oxygens (including phenoxy) is 1. The predicted octanol–water partition coefficient (Wildman–Crippen LogP) is 3.20. The molecule has 2 rings (SSSR count). The number of halogens is 3. The molecule has 0 spiro atoms. The second kappa shape index (κ2) is 9.07. The van der Waals surface area contributed by atoms with E-state index in [1.807, 2.05) is 31.2 Å². The van der Waals surface area contributed by atoms with Gasteiger partial charge in [-0.05, 0) is 18.6 Å². The van der Waals surface area contributed by atoms with E-state index in [9.17, 15) is 13.2 Å². The number of rotatable bonds is 6. The van der Waals surface area contributed by atoms with Crippen LogP contribution >= 0.6 is 0 Å². The minimum absolute atomic E-state index is 0.0497. The second-order valence-electron chi connectivity index (χ2n) is 5.64. The van der Waals surface area contributed by atoms with Gasteiger partial charge in [0.25, 0.3) is 0 Å². The molecule has 0 aliphatic heterocycles. The molecule has 0 saturated heterocycles. The van der Waals surface area contributed by atoms with Crippen LogP contribution in [0.3, 0.4) is 0 Å². The third-order valence-electron chi connectivity index (χ3n) is 3.47. The molecule has 0 bridgehead atoms. The average Bonchev–Trinajstić information content (AvgIpc) is 2.61. The highest BCUT2D eigenvalue weighted by atomic mass is 19.4. The SMILES string of the molecule is CN=C(NCc1ccc(C)cc1)NCc1cccnc1OCC(F)(F)F. The number of aliphatic imine (C=N–C) groups is 1. The smallest absolute Gasteiger partial charge is 0.422 e. The molecule has 8 heteroatoms. The summed E-state index contributed by atoms with van der Waals surface area (Å²) in [6, 6.07) is 11.4. The number of hydrogen-bond acceptors (Lipinski definition) is 3. The molecular formula is C18H21F3N4O. The highest BCUT2D eigenvalue weighted by Crippen LogP contribution is 2.19. The summed E-state index contributed by atoms with van der Waals surface area (Å²) in [5, 5.41) is 6.19. The molecule has 0 atom stereocenters. The summed E-state index contributed by atoms with van der Waals surface area (Å²) in [6.07, 6.45) is -3.02. The van der Waals surface area contributed by atoms with E-state index in [2.05, 4.69) is 20.6 Å². The lowest BCUT2D eigenvalue weighted by molar-refractivity contribution is -0.154. The molecular weight excluding hydrogens is 345 g/mol.